The third-order valence-electron chi connectivity index (χ3n) is 13.3. The molecule has 6 atom stereocenters. The maximum atomic E-state index is 13.1. The minimum atomic E-state index is -0.444. The highest BCUT2D eigenvalue weighted by atomic mass is 16.3. The van der Waals surface area contributed by atoms with Crippen molar-refractivity contribution in [1.29, 1.82) is 0 Å². The number of hydrogen-bond acceptors (Lipinski definition) is 4. The SMILES string of the molecule is CC(=O)[C@@]1(C)CCC[C@]2(C)c3cc(C)ccc3CC[C@@H]12.CC(C)C(=O)CC(=O)[C@@]1(C)CCC[C@]2(C)c3cc(O)ccc3CC[C@@H]12. The Morgan fingerprint density at radius 2 is 1.29 bits per heavy atom. The summed E-state index contributed by atoms with van der Waals surface area (Å²) in [5, 5.41) is 10.0. The predicted molar refractivity (Wildman–Crippen MR) is 182 cm³/mol. The Morgan fingerprint density at radius 3 is 1.84 bits per heavy atom. The van der Waals surface area contributed by atoms with Gasteiger partial charge in [-0.3, -0.25) is 14.4 Å². The first-order chi connectivity index (χ1) is 21.1. The molecule has 0 radical (unpaired) electrons. The Kier molecular flexibility index (Phi) is 9.05. The van der Waals surface area contributed by atoms with Crippen molar-refractivity contribution in [2.24, 2.45) is 28.6 Å². The molecule has 0 heterocycles. The molecule has 4 aliphatic rings. The zero-order valence-electron chi connectivity index (χ0n) is 29.1. The van der Waals surface area contributed by atoms with E-state index in [-0.39, 0.29) is 46.1 Å². The fourth-order valence-corrected chi connectivity index (χ4v) is 10.3. The topological polar surface area (TPSA) is 71.4 Å². The van der Waals surface area contributed by atoms with Gasteiger partial charge in [-0.2, -0.15) is 0 Å². The zero-order chi connectivity index (χ0) is 32.9. The molecular weight excluding hydrogens is 556 g/mol. The van der Waals surface area contributed by atoms with Crippen molar-refractivity contribution in [1.82, 2.24) is 0 Å². The Hall–Kier alpha value is -2.75. The van der Waals surface area contributed by atoms with Crippen LogP contribution in [0.1, 0.15) is 134 Å². The first-order valence-corrected chi connectivity index (χ1v) is 17.6. The summed E-state index contributed by atoms with van der Waals surface area (Å²) in [6, 6.07) is 12.6. The normalized spacial score (nSPS) is 33.4. The minimum Gasteiger partial charge on any atom is -0.508 e. The second-order valence-corrected chi connectivity index (χ2v) is 16.3. The van der Waals surface area contributed by atoms with Gasteiger partial charge in [-0.15, -0.1) is 0 Å². The van der Waals surface area contributed by atoms with Crippen molar-refractivity contribution in [2.75, 3.05) is 0 Å². The molecule has 45 heavy (non-hydrogen) atoms. The molecule has 2 saturated carbocycles. The predicted octanol–water partition coefficient (Wildman–Crippen LogP) is 9.18. The number of carbonyl (C=O) groups is 3. The van der Waals surface area contributed by atoms with Crippen molar-refractivity contribution < 1.29 is 19.5 Å². The quantitative estimate of drug-likeness (QED) is 0.342. The average Bonchev–Trinajstić information content (AvgIpc) is 2.97. The maximum Gasteiger partial charge on any atom is 0.146 e. The second-order valence-electron chi connectivity index (χ2n) is 16.3. The standard InChI is InChI=1S/C22H30O3.C19H26O/c1-14(2)18(24)13-20(25)22(4)11-5-10-21(3)17-12-16(23)8-6-15(17)7-9-19(21)22;1-13-6-7-15-8-9-17-18(3,14(2)20)10-5-11-19(17,4)16(15)12-13/h6,8,12,14,19,23H,5,7,9-11,13H2,1-4H3;6-7,12,17H,5,8-11H2,1-4H3/t19-,21-,22+;17-,18+,19+/m10/s1. The van der Waals surface area contributed by atoms with Crippen molar-refractivity contribution in [3.63, 3.8) is 0 Å². The first-order valence-electron chi connectivity index (χ1n) is 17.6. The Balaban J connectivity index is 0.000000182. The first kappa shape index (κ1) is 33.6. The largest absolute Gasteiger partial charge is 0.508 e. The summed E-state index contributed by atoms with van der Waals surface area (Å²) < 4.78 is 0. The fourth-order valence-electron chi connectivity index (χ4n) is 10.3. The number of phenols is 1. The lowest BCUT2D eigenvalue weighted by atomic mass is 9.48. The lowest BCUT2D eigenvalue weighted by molar-refractivity contribution is -0.140. The molecule has 0 spiro atoms. The number of phenolic OH excluding ortho intramolecular Hbond substituents is 1. The highest BCUT2D eigenvalue weighted by Gasteiger charge is 2.55. The van der Waals surface area contributed by atoms with Gasteiger partial charge in [0.05, 0.1) is 6.42 Å². The number of carbonyl (C=O) groups excluding carboxylic acids is 3. The Bertz CT molecular complexity index is 1490. The maximum absolute atomic E-state index is 13.1. The Labute approximate surface area is 271 Å². The average molecular weight is 613 g/mol. The molecule has 0 unspecified atom stereocenters. The van der Waals surface area contributed by atoms with Crippen LogP contribution < -0.4 is 0 Å². The van der Waals surface area contributed by atoms with Gasteiger partial charge in [-0.1, -0.05) is 84.2 Å². The van der Waals surface area contributed by atoms with E-state index in [1.165, 1.54) is 47.1 Å². The van der Waals surface area contributed by atoms with Crippen LogP contribution in [0.2, 0.25) is 0 Å². The number of rotatable bonds is 5. The minimum absolute atomic E-state index is 0.0485. The van der Waals surface area contributed by atoms with Crippen LogP contribution in [0.5, 0.6) is 5.75 Å². The molecule has 1 N–H and O–H groups in total. The third-order valence-corrected chi connectivity index (χ3v) is 13.3. The molecule has 2 fully saturated rings. The lowest BCUT2D eigenvalue weighted by Crippen LogP contribution is -2.52. The van der Waals surface area contributed by atoms with Gasteiger partial charge in [-0.25, -0.2) is 0 Å². The summed E-state index contributed by atoms with van der Waals surface area (Å²) in [4.78, 5) is 37.6. The molecule has 6 rings (SSSR count). The summed E-state index contributed by atoms with van der Waals surface area (Å²) in [5.74, 6) is 1.51. The third kappa shape index (κ3) is 5.74. The fraction of sp³-hybridized carbons (Fsp3) is 0.634. The van der Waals surface area contributed by atoms with Crippen molar-refractivity contribution in [2.45, 2.75) is 137 Å². The van der Waals surface area contributed by atoms with Crippen molar-refractivity contribution >= 4 is 17.3 Å². The molecule has 0 saturated heterocycles. The number of ketones is 3. The molecule has 0 amide bonds. The molecule has 0 aliphatic heterocycles. The van der Waals surface area contributed by atoms with Crippen molar-refractivity contribution in [3.8, 4) is 5.75 Å². The van der Waals surface area contributed by atoms with Crippen LogP contribution in [-0.4, -0.2) is 22.5 Å². The lowest BCUT2D eigenvalue weighted by Gasteiger charge is -2.54. The van der Waals surface area contributed by atoms with Gasteiger partial charge < -0.3 is 5.11 Å². The van der Waals surface area contributed by atoms with Crippen LogP contribution in [-0.2, 0) is 38.1 Å². The van der Waals surface area contributed by atoms with Crippen LogP contribution in [0.4, 0.5) is 0 Å². The van der Waals surface area contributed by atoms with Gasteiger partial charge in [-0.05, 0) is 122 Å². The molecule has 0 aromatic heterocycles. The van der Waals surface area contributed by atoms with Gasteiger partial charge in [0.15, 0.2) is 0 Å². The number of benzene rings is 2. The Morgan fingerprint density at radius 1 is 0.778 bits per heavy atom. The summed E-state index contributed by atoms with van der Waals surface area (Å²) in [5.41, 5.74) is 6.43. The van der Waals surface area contributed by atoms with E-state index in [0.29, 0.717) is 17.5 Å². The van der Waals surface area contributed by atoms with Crippen LogP contribution >= 0.6 is 0 Å². The highest BCUT2D eigenvalue weighted by molar-refractivity contribution is 6.02. The van der Waals surface area contributed by atoms with Gasteiger partial charge in [0.2, 0.25) is 0 Å². The van der Waals surface area contributed by atoms with Crippen molar-refractivity contribution in [3.05, 3.63) is 64.2 Å². The molecule has 4 aliphatic carbocycles. The van der Waals surface area contributed by atoms with Crippen LogP contribution in [0.3, 0.4) is 0 Å². The van der Waals surface area contributed by atoms with Crippen LogP contribution in [0.25, 0.3) is 0 Å². The number of aromatic hydroxyl groups is 1. The highest BCUT2D eigenvalue weighted by Crippen LogP contribution is 2.59. The number of Topliss-reactive ketones (excluding diaryl/α,β-unsaturated/α-hetero) is 3. The van der Waals surface area contributed by atoms with E-state index in [0.717, 1.165) is 44.9 Å². The summed E-state index contributed by atoms with van der Waals surface area (Å²) >= 11 is 0. The smallest absolute Gasteiger partial charge is 0.146 e. The summed E-state index contributed by atoms with van der Waals surface area (Å²) in [7, 11) is 0. The molecule has 0 bridgehead atoms. The van der Waals surface area contributed by atoms with Gasteiger partial charge in [0.25, 0.3) is 0 Å². The van der Waals surface area contributed by atoms with E-state index in [2.05, 4.69) is 52.8 Å². The van der Waals surface area contributed by atoms with Crippen LogP contribution in [0.15, 0.2) is 36.4 Å². The van der Waals surface area contributed by atoms with Gasteiger partial charge >= 0.3 is 0 Å². The number of aryl methyl sites for hydroxylation is 3. The molecule has 4 heteroatoms. The zero-order valence-corrected chi connectivity index (χ0v) is 29.1. The monoisotopic (exact) mass is 612 g/mol. The van der Waals surface area contributed by atoms with E-state index in [1.54, 1.807) is 13.0 Å². The van der Waals surface area contributed by atoms with Gasteiger partial charge in [0.1, 0.15) is 23.1 Å². The van der Waals surface area contributed by atoms with E-state index >= 15 is 0 Å². The molecule has 4 nitrogen and oxygen atoms in total. The summed E-state index contributed by atoms with van der Waals surface area (Å²) in [6.45, 7) is 16.7. The molecule has 244 valence electrons. The summed E-state index contributed by atoms with van der Waals surface area (Å²) in [6.07, 6.45) is 10.7. The second kappa shape index (κ2) is 12.1. The number of fused-ring (bicyclic) bond motifs is 6. The van der Waals surface area contributed by atoms with E-state index < -0.39 is 5.41 Å². The molecular formula is C41H56O4. The van der Waals surface area contributed by atoms with Gasteiger partial charge in [0, 0.05) is 16.7 Å². The molecule has 2 aromatic rings. The molecule has 2 aromatic carbocycles. The van der Waals surface area contributed by atoms with E-state index in [1.807, 2.05) is 26.0 Å². The van der Waals surface area contributed by atoms with E-state index in [4.69, 9.17) is 0 Å². The van der Waals surface area contributed by atoms with E-state index in [9.17, 15) is 19.5 Å². The number of hydrogen-bond donors (Lipinski definition) is 1. The van der Waals surface area contributed by atoms with Crippen LogP contribution in [0, 0.1) is 35.5 Å².